The molecule has 0 spiro atoms. The van der Waals surface area contributed by atoms with Crippen molar-refractivity contribution < 1.29 is 23.8 Å². The van der Waals surface area contributed by atoms with Gasteiger partial charge in [0.15, 0.2) is 0 Å². The van der Waals surface area contributed by atoms with Crippen LogP contribution in [0.5, 0.6) is 11.5 Å². The van der Waals surface area contributed by atoms with Gasteiger partial charge in [0.25, 0.3) is 0 Å². The summed E-state index contributed by atoms with van der Waals surface area (Å²) in [4.78, 5) is 22.9. The Bertz CT molecular complexity index is 555. The van der Waals surface area contributed by atoms with Crippen molar-refractivity contribution in [2.45, 2.75) is 47.1 Å². The molecule has 1 aliphatic rings. The van der Waals surface area contributed by atoms with Crippen molar-refractivity contribution in [1.29, 1.82) is 0 Å². The van der Waals surface area contributed by atoms with Gasteiger partial charge in [0.05, 0.1) is 13.7 Å². The Hall–Kier alpha value is -1.69. The third-order valence-electron chi connectivity index (χ3n) is 3.36. The number of carbonyl (C=O) groups excluding carboxylic acids is 2. The van der Waals surface area contributed by atoms with Crippen LogP contribution in [0.4, 0.5) is 0 Å². The predicted molar refractivity (Wildman–Crippen MR) is 94.1 cm³/mol. The van der Waals surface area contributed by atoms with Gasteiger partial charge in [-0.05, 0) is 18.9 Å². The minimum absolute atomic E-state index is 0. The highest BCUT2D eigenvalue weighted by atomic mass is 32.1. The maximum Gasteiger partial charge on any atom is 0.342 e. The largest absolute Gasteiger partial charge is 0.496 e. The Morgan fingerprint density at radius 1 is 1.26 bits per heavy atom. The summed E-state index contributed by atoms with van der Waals surface area (Å²) in [5.74, 6) is 0.628. The van der Waals surface area contributed by atoms with Crippen molar-refractivity contribution in [3.05, 3.63) is 22.3 Å². The van der Waals surface area contributed by atoms with E-state index in [1.54, 1.807) is 7.11 Å². The highest BCUT2D eigenvalue weighted by molar-refractivity contribution is 7.59. The average molecular weight is 342 g/mol. The first-order valence-electron chi connectivity index (χ1n) is 7.61. The summed E-state index contributed by atoms with van der Waals surface area (Å²) in [5, 5.41) is 0. The molecule has 6 heteroatoms. The molecule has 1 heterocycles. The second kappa shape index (κ2) is 10.2. The molecule has 0 saturated heterocycles. The molecule has 1 aliphatic heterocycles. The number of hydrogen-bond donors (Lipinski definition) is 0. The number of fused-ring (bicyclic) bond motifs is 1. The molecule has 130 valence electrons. The molecule has 1 aromatic rings. The lowest BCUT2D eigenvalue weighted by Gasteiger charge is -2.18. The molecule has 1 aromatic carbocycles. The fraction of sp³-hybridized carbons (Fsp3) is 0.529. The monoisotopic (exact) mass is 342 g/mol. The van der Waals surface area contributed by atoms with Crippen LogP contribution in [0, 0.1) is 6.92 Å². The molecule has 0 N–H and O–H groups in total. The molecule has 0 atom stereocenters. The molecule has 2 rings (SSSR count). The van der Waals surface area contributed by atoms with Gasteiger partial charge in [-0.15, -0.1) is 0 Å². The quantitative estimate of drug-likeness (QED) is 0.586. The van der Waals surface area contributed by atoms with Crippen LogP contribution in [0.3, 0.4) is 0 Å². The SMILES string of the molecule is CC.CCCOc1c(CC=O)c(OC)c(C)c2c1C(=O)OC2.S. The lowest BCUT2D eigenvalue weighted by atomic mass is 9.95. The Kier molecular flexibility index (Phi) is 9.41. The lowest BCUT2D eigenvalue weighted by Crippen LogP contribution is -2.09. The minimum atomic E-state index is -0.399. The summed E-state index contributed by atoms with van der Waals surface area (Å²) >= 11 is 0. The van der Waals surface area contributed by atoms with Crippen LogP contribution in [0.15, 0.2) is 0 Å². The van der Waals surface area contributed by atoms with Gasteiger partial charge < -0.3 is 19.0 Å². The molecular formula is C17H26O5S. The van der Waals surface area contributed by atoms with E-state index in [9.17, 15) is 9.59 Å². The molecule has 23 heavy (non-hydrogen) atoms. The van der Waals surface area contributed by atoms with Crippen molar-refractivity contribution in [2.75, 3.05) is 13.7 Å². The van der Waals surface area contributed by atoms with Crippen LogP contribution in [0.1, 0.15) is 54.2 Å². The van der Waals surface area contributed by atoms with E-state index in [4.69, 9.17) is 14.2 Å². The van der Waals surface area contributed by atoms with Gasteiger partial charge in [-0.25, -0.2) is 4.79 Å². The molecule has 5 nitrogen and oxygen atoms in total. The third kappa shape index (κ3) is 4.19. The maximum absolute atomic E-state index is 11.9. The van der Waals surface area contributed by atoms with Gasteiger partial charge in [-0.3, -0.25) is 0 Å². The van der Waals surface area contributed by atoms with E-state index in [1.807, 2.05) is 27.7 Å². The maximum atomic E-state index is 11.9. The van der Waals surface area contributed by atoms with Crippen molar-refractivity contribution in [1.82, 2.24) is 0 Å². The van der Waals surface area contributed by atoms with E-state index in [0.717, 1.165) is 23.8 Å². The molecule has 0 bridgehead atoms. The lowest BCUT2D eigenvalue weighted by molar-refractivity contribution is -0.107. The molecule has 0 amide bonds. The van der Waals surface area contributed by atoms with Crippen molar-refractivity contribution >= 4 is 25.8 Å². The first kappa shape index (κ1) is 21.3. The molecule has 0 unspecified atom stereocenters. The van der Waals surface area contributed by atoms with Crippen LogP contribution >= 0.6 is 13.5 Å². The predicted octanol–water partition coefficient (Wildman–Crippen LogP) is 3.34. The first-order valence-corrected chi connectivity index (χ1v) is 7.61. The summed E-state index contributed by atoms with van der Waals surface area (Å²) in [5.41, 5.74) is 2.67. The summed E-state index contributed by atoms with van der Waals surface area (Å²) < 4.78 is 16.2. The minimum Gasteiger partial charge on any atom is -0.496 e. The van der Waals surface area contributed by atoms with Crippen molar-refractivity contribution in [2.24, 2.45) is 0 Å². The van der Waals surface area contributed by atoms with E-state index in [0.29, 0.717) is 29.2 Å². The fourth-order valence-electron chi connectivity index (χ4n) is 2.46. The van der Waals surface area contributed by atoms with Crippen LogP contribution in [0.2, 0.25) is 0 Å². The van der Waals surface area contributed by atoms with Crippen LogP contribution in [0.25, 0.3) is 0 Å². The van der Waals surface area contributed by atoms with Crippen LogP contribution in [-0.4, -0.2) is 26.0 Å². The van der Waals surface area contributed by atoms with Gasteiger partial charge in [-0.1, -0.05) is 20.8 Å². The Labute approximate surface area is 144 Å². The number of ether oxygens (including phenoxy) is 3. The number of benzene rings is 1. The van der Waals surface area contributed by atoms with Gasteiger partial charge in [0, 0.05) is 17.5 Å². The summed E-state index contributed by atoms with van der Waals surface area (Å²) in [6, 6.07) is 0. The number of hydrogen-bond acceptors (Lipinski definition) is 5. The van der Waals surface area contributed by atoms with Gasteiger partial charge in [0.1, 0.15) is 30.0 Å². The van der Waals surface area contributed by atoms with Gasteiger partial charge >= 0.3 is 5.97 Å². The highest BCUT2D eigenvalue weighted by Crippen LogP contribution is 2.42. The van der Waals surface area contributed by atoms with E-state index < -0.39 is 5.97 Å². The Morgan fingerprint density at radius 3 is 2.43 bits per heavy atom. The number of cyclic esters (lactones) is 1. The average Bonchev–Trinajstić information content (AvgIpc) is 2.92. The van der Waals surface area contributed by atoms with E-state index >= 15 is 0 Å². The second-order valence-electron chi connectivity index (χ2n) is 4.61. The molecule has 0 aromatic heterocycles. The number of rotatable bonds is 6. The molecule has 0 aliphatic carbocycles. The van der Waals surface area contributed by atoms with Crippen LogP contribution < -0.4 is 9.47 Å². The smallest absolute Gasteiger partial charge is 0.342 e. The Morgan fingerprint density at radius 2 is 1.91 bits per heavy atom. The second-order valence-corrected chi connectivity index (χ2v) is 4.61. The summed E-state index contributed by atoms with van der Waals surface area (Å²) in [7, 11) is 1.55. The molecule has 0 radical (unpaired) electrons. The standard InChI is InChI=1S/C15H18O5.C2H6.H2S/c1-4-7-19-14-10(5-6-16)13(18-3)9(2)11-8-20-15(17)12(11)14;1-2;/h6H,4-5,7-8H2,1-3H3;1-2H3;1H2. The van der Waals surface area contributed by atoms with E-state index in [-0.39, 0.29) is 26.5 Å². The van der Waals surface area contributed by atoms with Crippen molar-refractivity contribution in [3.63, 3.8) is 0 Å². The fourth-order valence-corrected chi connectivity index (χ4v) is 2.46. The number of carbonyl (C=O) groups is 2. The highest BCUT2D eigenvalue weighted by Gasteiger charge is 2.33. The normalized spacial score (nSPS) is 11.4. The van der Waals surface area contributed by atoms with E-state index in [2.05, 4.69) is 0 Å². The number of methoxy groups -OCH3 is 1. The van der Waals surface area contributed by atoms with Gasteiger partial charge in [-0.2, -0.15) is 13.5 Å². The van der Waals surface area contributed by atoms with Crippen molar-refractivity contribution in [3.8, 4) is 11.5 Å². The zero-order valence-corrected chi connectivity index (χ0v) is 15.4. The zero-order valence-electron chi connectivity index (χ0n) is 14.4. The first-order chi connectivity index (χ1) is 10.7. The Balaban J connectivity index is 0.00000155. The molecule has 0 saturated carbocycles. The topological polar surface area (TPSA) is 61.8 Å². The molecular weight excluding hydrogens is 316 g/mol. The van der Waals surface area contributed by atoms with Gasteiger partial charge in [0.2, 0.25) is 0 Å². The molecule has 0 fully saturated rings. The number of esters is 1. The van der Waals surface area contributed by atoms with E-state index in [1.165, 1.54) is 0 Å². The summed E-state index contributed by atoms with van der Waals surface area (Å²) in [6.07, 6.45) is 1.73. The zero-order chi connectivity index (χ0) is 16.7. The number of aldehydes is 1. The third-order valence-corrected chi connectivity index (χ3v) is 3.36. The van der Waals surface area contributed by atoms with Crippen LogP contribution in [-0.2, 0) is 22.6 Å². The summed E-state index contributed by atoms with van der Waals surface area (Å²) in [6.45, 7) is 8.53.